The van der Waals surface area contributed by atoms with E-state index in [2.05, 4.69) is 85.2 Å². The van der Waals surface area contributed by atoms with Gasteiger partial charge in [0.2, 0.25) is 0 Å². The third-order valence-electron chi connectivity index (χ3n) is 6.21. The van der Waals surface area contributed by atoms with Crippen LogP contribution in [0.15, 0.2) is 59.1 Å². The molecule has 33 heavy (non-hydrogen) atoms. The van der Waals surface area contributed by atoms with E-state index in [-0.39, 0.29) is 0 Å². The van der Waals surface area contributed by atoms with E-state index < -0.39 is 11.9 Å². The Morgan fingerprint density at radius 2 is 1.30 bits per heavy atom. The van der Waals surface area contributed by atoms with Crippen molar-refractivity contribution in [3.8, 4) is 0 Å². The molecule has 178 valence electrons. The first-order chi connectivity index (χ1) is 15.9. The van der Waals surface area contributed by atoms with Crippen LogP contribution in [0.1, 0.15) is 24.0 Å². The molecule has 0 saturated carbocycles. The predicted octanol–water partition coefficient (Wildman–Crippen LogP) is 3.39. The van der Waals surface area contributed by atoms with Crippen molar-refractivity contribution in [2.75, 3.05) is 39.3 Å². The maximum absolute atomic E-state index is 9.10. The molecule has 0 amide bonds. The zero-order valence-electron chi connectivity index (χ0n) is 18.8. The summed E-state index contributed by atoms with van der Waals surface area (Å²) >= 11 is 3.58. The zero-order chi connectivity index (χ0) is 23.6. The van der Waals surface area contributed by atoms with Crippen LogP contribution in [0.2, 0.25) is 0 Å². The molecule has 2 aromatic rings. The Morgan fingerprint density at radius 1 is 0.758 bits per heavy atom. The van der Waals surface area contributed by atoms with Gasteiger partial charge in [-0.3, -0.25) is 14.7 Å². The van der Waals surface area contributed by atoms with Crippen LogP contribution >= 0.6 is 15.9 Å². The second-order valence-electron chi connectivity index (χ2n) is 8.55. The molecule has 0 aromatic heterocycles. The number of rotatable bonds is 5. The predicted molar refractivity (Wildman–Crippen MR) is 131 cm³/mol. The van der Waals surface area contributed by atoms with Crippen LogP contribution in [0.5, 0.6) is 0 Å². The third kappa shape index (κ3) is 8.55. The number of piperazine rings is 1. The van der Waals surface area contributed by atoms with E-state index in [9.17, 15) is 0 Å². The van der Waals surface area contributed by atoms with Gasteiger partial charge in [-0.15, -0.1) is 0 Å². The van der Waals surface area contributed by atoms with Crippen molar-refractivity contribution in [1.82, 2.24) is 14.7 Å². The van der Waals surface area contributed by atoms with Crippen molar-refractivity contribution >= 4 is 27.9 Å². The lowest BCUT2D eigenvalue weighted by molar-refractivity contribution is -0.159. The molecule has 0 aliphatic carbocycles. The molecule has 4 rings (SSSR count). The number of benzene rings is 2. The lowest BCUT2D eigenvalue weighted by Gasteiger charge is -2.43. The van der Waals surface area contributed by atoms with Gasteiger partial charge in [-0.2, -0.15) is 0 Å². The van der Waals surface area contributed by atoms with Gasteiger partial charge < -0.3 is 10.2 Å². The third-order valence-corrected chi connectivity index (χ3v) is 6.70. The molecule has 2 aromatic carbocycles. The number of hydrogen-bond donors (Lipinski definition) is 2. The summed E-state index contributed by atoms with van der Waals surface area (Å²) in [5.41, 5.74) is 2.85. The smallest absolute Gasteiger partial charge is 0.414 e. The molecule has 2 heterocycles. The van der Waals surface area contributed by atoms with Crippen LogP contribution in [0.4, 0.5) is 0 Å². The summed E-state index contributed by atoms with van der Waals surface area (Å²) in [5, 5.41) is 14.8. The van der Waals surface area contributed by atoms with Gasteiger partial charge in [0, 0.05) is 49.8 Å². The first kappa shape index (κ1) is 25.4. The lowest BCUT2D eigenvalue weighted by atomic mass is 10.0. The highest BCUT2D eigenvalue weighted by molar-refractivity contribution is 9.10. The van der Waals surface area contributed by atoms with Gasteiger partial charge >= 0.3 is 11.9 Å². The van der Waals surface area contributed by atoms with E-state index in [1.807, 2.05) is 0 Å². The highest BCUT2D eigenvalue weighted by atomic mass is 79.9. The monoisotopic (exact) mass is 517 g/mol. The van der Waals surface area contributed by atoms with E-state index in [0.29, 0.717) is 0 Å². The highest BCUT2D eigenvalue weighted by Gasteiger charge is 2.27. The van der Waals surface area contributed by atoms with Crippen molar-refractivity contribution in [2.45, 2.75) is 32.0 Å². The molecular formula is C25H32BrN3O4. The van der Waals surface area contributed by atoms with Gasteiger partial charge in [0.05, 0.1) is 0 Å². The van der Waals surface area contributed by atoms with Crippen LogP contribution in [0.3, 0.4) is 0 Å². The quantitative estimate of drug-likeness (QED) is 0.588. The average molecular weight is 518 g/mol. The minimum Gasteiger partial charge on any atom is -0.473 e. The topological polar surface area (TPSA) is 84.3 Å². The lowest BCUT2D eigenvalue weighted by Crippen LogP contribution is -2.52. The van der Waals surface area contributed by atoms with E-state index in [0.717, 1.165) is 19.1 Å². The molecule has 2 saturated heterocycles. The summed E-state index contributed by atoms with van der Waals surface area (Å²) in [5.74, 6) is -3.65. The van der Waals surface area contributed by atoms with Gasteiger partial charge in [-0.25, -0.2) is 9.59 Å². The van der Waals surface area contributed by atoms with Crippen LogP contribution in [0.25, 0.3) is 0 Å². The van der Waals surface area contributed by atoms with E-state index in [4.69, 9.17) is 19.8 Å². The molecule has 0 radical (unpaired) electrons. The average Bonchev–Trinajstić information content (AvgIpc) is 2.81. The first-order valence-corrected chi connectivity index (χ1v) is 12.1. The van der Waals surface area contributed by atoms with Gasteiger partial charge in [-0.05, 0) is 49.2 Å². The minimum atomic E-state index is -1.82. The van der Waals surface area contributed by atoms with Gasteiger partial charge in [0.1, 0.15) is 0 Å². The van der Waals surface area contributed by atoms with E-state index >= 15 is 0 Å². The zero-order valence-corrected chi connectivity index (χ0v) is 20.4. The van der Waals surface area contributed by atoms with Crippen molar-refractivity contribution < 1.29 is 19.8 Å². The van der Waals surface area contributed by atoms with Crippen molar-refractivity contribution in [2.24, 2.45) is 0 Å². The summed E-state index contributed by atoms with van der Waals surface area (Å²) in [6.45, 7) is 9.47. The summed E-state index contributed by atoms with van der Waals surface area (Å²) in [7, 11) is 0. The number of likely N-dealkylation sites (tertiary alicyclic amines) is 1. The molecule has 2 aliphatic heterocycles. The largest absolute Gasteiger partial charge is 0.473 e. The molecule has 2 fully saturated rings. The van der Waals surface area contributed by atoms with Crippen LogP contribution in [-0.4, -0.2) is 82.2 Å². The number of aliphatic carboxylic acids is 2. The Bertz CT molecular complexity index is 884. The second-order valence-corrected chi connectivity index (χ2v) is 9.46. The minimum absolute atomic E-state index is 0.782. The number of nitrogens with zero attached hydrogens (tertiary/aromatic N) is 3. The number of carbonyl (C=O) groups is 2. The maximum Gasteiger partial charge on any atom is 0.414 e. The summed E-state index contributed by atoms with van der Waals surface area (Å²) in [6.07, 6.45) is 2.64. The Morgan fingerprint density at radius 3 is 1.88 bits per heavy atom. The SMILES string of the molecule is Brc1cccc(CN2CCN(C3CCN(Cc4ccccc4)CC3)CC2)c1.O=C(O)C(=O)O. The van der Waals surface area contributed by atoms with Crippen molar-refractivity contribution in [3.05, 3.63) is 70.2 Å². The highest BCUT2D eigenvalue weighted by Crippen LogP contribution is 2.21. The number of halogens is 1. The molecule has 0 bridgehead atoms. The molecule has 0 spiro atoms. The number of carboxylic acids is 2. The molecule has 0 atom stereocenters. The molecule has 7 nitrogen and oxygen atoms in total. The van der Waals surface area contributed by atoms with Gasteiger partial charge in [-0.1, -0.05) is 58.4 Å². The first-order valence-electron chi connectivity index (χ1n) is 11.3. The Balaban J connectivity index is 0.000000454. The van der Waals surface area contributed by atoms with Crippen molar-refractivity contribution in [1.29, 1.82) is 0 Å². The Labute approximate surface area is 203 Å². The Hall–Kier alpha value is -2.26. The molecule has 0 unspecified atom stereocenters. The number of carboxylic acid groups (broad SMARTS) is 2. The summed E-state index contributed by atoms with van der Waals surface area (Å²) in [6, 6.07) is 20.4. The second kappa shape index (κ2) is 12.8. The van der Waals surface area contributed by atoms with Crippen LogP contribution in [-0.2, 0) is 22.7 Å². The van der Waals surface area contributed by atoms with E-state index in [1.165, 1.54) is 67.7 Å². The molecule has 2 N–H and O–H groups in total. The van der Waals surface area contributed by atoms with E-state index in [1.54, 1.807) is 0 Å². The molecule has 8 heteroatoms. The fraction of sp³-hybridized carbons (Fsp3) is 0.440. The van der Waals surface area contributed by atoms with Gasteiger partial charge in [0.15, 0.2) is 0 Å². The number of piperidine rings is 1. The fourth-order valence-corrected chi connectivity index (χ4v) is 4.91. The summed E-state index contributed by atoms with van der Waals surface area (Å²) in [4.78, 5) is 26.2. The molecular weight excluding hydrogens is 486 g/mol. The van der Waals surface area contributed by atoms with Crippen LogP contribution < -0.4 is 0 Å². The molecule has 2 aliphatic rings. The Kier molecular flexibility index (Phi) is 9.87. The maximum atomic E-state index is 9.10. The van der Waals surface area contributed by atoms with Gasteiger partial charge in [0.25, 0.3) is 0 Å². The standard InChI is InChI=1S/C23H30BrN3.C2H2O4/c24-22-8-4-7-21(17-22)19-26-13-15-27(16-14-26)23-9-11-25(12-10-23)18-20-5-2-1-3-6-20;3-1(4)2(5)6/h1-8,17,23H,9-16,18-19H2;(H,3,4)(H,5,6). The summed E-state index contributed by atoms with van der Waals surface area (Å²) < 4.78 is 1.18. The van der Waals surface area contributed by atoms with Crippen molar-refractivity contribution in [3.63, 3.8) is 0 Å². The van der Waals surface area contributed by atoms with Crippen LogP contribution in [0, 0.1) is 0 Å². The number of hydrogen-bond acceptors (Lipinski definition) is 5. The normalized spacial score (nSPS) is 18.3. The fourth-order valence-electron chi connectivity index (χ4n) is 4.46.